The smallest absolute Gasteiger partial charge is 0.0652 e. The molecule has 2 unspecified atom stereocenters. The van der Waals surface area contributed by atoms with Gasteiger partial charge in [-0.15, -0.1) is 0 Å². The summed E-state index contributed by atoms with van der Waals surface area (Å²) in [6.45, 7) is 32.1. The van der Waals surface area contributed by atoms with E-state index in [1.807, 2.05) is 0 Å². The molecule has 2 atom stereocenters. The molecule has 0 spiro atoms. The average molecular weight is 885 g/mol. The van der Waals surface area contributed by atoms with Crippen LogP contribution in [0.4, 0.5) is 0 Å². The van der Waals surface area contributed by atoms with Crippen molar-refractivity contribution in [3.05, 3.63) is 27.7 Å². The van der Waals surface area contributed by atoms with Gasteiger partial charge in [-0.25, -0.2) is 0 Å². The standard InChI is InChI=1S/C31H62O4.2CH3.4Y/c1-24(2)32-20-18-30(11,12)34-26(5)22-28(7,8)16-15-17-29(9,10)23-27(6)35-31(13,14)19-21-33-25(3)4;;;;;;/h16-17,24-27H,15,18-23H2,1-14H3;2*1H3;;;;/q-2;2*-1;;;;. The number of ether oxygens (including phenoxy) is 4. The maximum absolute atomic E-state index is 6.41. The van der Waals surface area contributed by atoms with Crippen LogP contribution in [0.2, 0.25) is 0 Å². The Balaban J connectivity index is -0.000000385. The minimum Gasteiger partial charge on any atom is -0.379 e. The van der Waals surface area contributed by atoms with Crippen molar-refractivity contribution >= 4 is 0 Å². The fraction of sp³-hybridized carbons (Fsp3) is 0.879. The van der Waals surface area contributed by atoms with E-state index >= 15 is 0 Å². The Hall–Kier alpha value is 4.26. The van der Waals surface area contributed by atoms with Gasteiger partial charge in [-0.1, -0.05) is 27.7 Å². The van der Waals surface area contributed by atoms with Crippen LogP contribution in [0.1, 0.15) is 129 Å². The first-order valence-electron chi connectivity index (χ1n) is 14.0. The maximum Gasteiger partial charge on any atom is 0.0652 e. The molecule has 4 radical (unpaired) electrons. The predicted molar refractivity (Wildman–Crippen MR) is 164 cm³/mol. The normalized spacial score (nSPS) is 13.5. The van der Waals surface area contributed by atoms with E-state index in [1.54, 1.807) is 0 Å². The van der Waals surface area contributed by atoms with E-state index in [0.29, 0.717) is 0 Å². The largest absolute Gasteiger partial charge is 0.379 e. The van der Waals surface area contributed by atoms with Crippen LogP contribution in [0, 0.1) is 38.5 Å². The Morgan fingerprint density at radius 1 is 0.512 bits per heavy atom. The van der Waals surface area contributed by atoms with E-state index in [-0.39, 0.29) is 192 Å². The van der Waals surface area contributed by atoms with E-state index in [1.165, 1.54) is 0 Å². The summed E-state index contributed by atoms with van der Waals surface area (Å²) in [7, 11) is 0. The van der Waals surface area contributed by atoms with Crippen LogP contribution >= 0.6 is 0 Å². The van der Waals surface area contributed by atoms with Gasteiger partial charge in [-0.3, -0.25) is 0 Å². The molecule has 41 heavy (non-hydrogen) atoms. The molecule has 0 fully saturated rings. The topological polar surface area (TPSA) is 36.9 Å². The van der Waals surface area contributed by atoms with Crippen LogP contribution in [-0.4, -0.2) is 48.8 Å². The van der Waals surface area contributed by atoms with Gasteiger partial charge in [0.15, 0.2) is 0 Å². The van der Waals surface area contributed by atoms with Gasteiger partial charge in [0.2, 0.25) is 0 Å². The van der Waals surface area contributed by atoms with Crippen molar-refractivity contribution < 1.29 is 150 Å². The number of hydrogen-bond acceptors (Lipinski definition) is 4. The molecule has 8 heteroatoms. The molecule has 0 aromatic rings. The van der Waals surface area contributed by atoms with Crippen molar-refractivity contribution in [2.75, 3.05) is 13.2 Å². The Labute approximate surface area is 360 Å². The minimum absolute atomic E-state index is 0. The SMILES string of the molecule is CC(C)OCCC(C)(C)OC(C)CC(C)(C)[CH-]C[CH-]C(C)(C)CC(C)OC(C)(C)CCOC(C)C.[CH3-].[CH3-].[Y].[Y].[Y].[Y]. The zero-order chi connectivity index (χ0) is 27.5. The number of hydrogen-bond donors (Lipinski definition) is 0. The first-order valence-corrected chi connectivity index (χ1v) is 14.0. The minimum atomic E-state index is -0.177. The average Bonchev–Trinajstić information content (AvgIpc) is 2.57. The first kappa shape index (κ1) is 60.6. The molecule has 0 amide bonds. The second-order valence-corrected chi connectivity index (χ2v) is 13.7. The Bertz CT molecular complexity index is 519. The molecule has 4 nitrogen and oxygen atoms in total. The molecule has 0 aromatic heterocycles. The van der Waals surface area contributed by atoms with Crippen LogP contribution in [0.5, 0.6) is 0 Å². The maximum atomic E-state index is 6.41. The molecule has 0 aliphatic rings. The Morgan fingerprint density at radius 3 is 1.02 bits per heavy atom. The monoisotopic (exact) mass is 884 g/mol. The summed E-state index contributed by atoms with van der Waals surface area (Å²) in [5, 5.41) is 0. The van der Waals surface area contributed by atoms with E-state index in [9.17, 15) is 0 Å². The summed E-state index contributed by atoms with van der Waals surface area (Å²) in [6, 6.07) is 0. The molecule has 0 heterocycles. The summed E-state index contributed by atoms with van der Waals surface area (Å²) in [5.41, 5.74) is -0.138. The van der Waals surface area contributed by atoms with Gasteiger partial charge in [0.1, 0.15) is 0 Å². The second-order valence-electron chi connectivity index (χ2n) is 13.7. The molecule has 240 valence electrons. The van der Waals surface area contributed by atoms with Crippen molar-refractivity contribution in [2.24, 2.45) is 10.8 Å². The van der Waals surface area contributed by atoms with Gasteiger partial charge in [0.25, 0.3) is 0 Å². The zero-order valence-corrected chi connectivity index (χ0v) is 41.7. The van der Waals surface area contributed by atoms with Crippen LogP contribution in [0.15, 0.2) is 0 Å². The summed E-state index contributed by atoms with van der Waals surface area (Å²) < 4.78 is 24.3. The molecule has 0 bridgehead atoms. The van der Waals surface area contributed by atoms with Crippen molar-refractivity contribution in [1.29, 1.82) is 0 Å². The quantitative estimate of drug-likeness (QED) is 0.114. The van der Waals surface area contributed by atoms with Crippen molar-refractivity contribution in [2.45, 2.75) is 165 Å². The van der Waals surface area contributed by atoms with Gasteiger partial charge in [0, 0.05) is 144 Å². The molecular weight excluding hydrogens is 816 g/mol. The van der Waals surface area contributed by atoms with Gasteiger partial charge in [0.05, 0.1) is 35.6 Å². The zero-order valence-electron chi connectivity index (χ0n) is 30.4. The van der Waals surface area contributed by atoms with Gasteiger partial charge in [-0.05, 0) is 94.9 Å². The molecule has 0 aliphatic carbocycles. The Morgan fingerprint density at radius 2 is 0.780 bits per heavy atom. The molecule has 0 N–H and O–H groups in total. The molecular formula is C33H68O4Y4-4. The first-order chi connectivity index (χ1) is 15.7. The van der Waals surface area contributed by atoms with Crippen LogP contribution in [-0.2, 0) is 150 Å². The van der Waals surface area contributed by atoms with Gasteiger partial charge in [-0.2, -0.15) is 10.8 Å². The van der Waals surface area contributed by atoms with Crippen molar-refractivity contribution in [3.63, 3.8) is 0 Å². The molecule has 0 saturated heterocycles. The van der Waals surface area contributed by atoms with Crippen LogP contribution in [0.25, 0.3) is 0 Å². The molecule has 0 saturated carbocycles. The van der Waals surface area contributed by atoms with Gasteiger partial charge >= 0.3 is 0 Å². The molecule has 0 aliphatic heterocycles. The number of rotatable bonds is 20. The van der Waals surface area contributed by atoms with E-state index < -0.39 is 0 Å². The third kappa shape index (κ3) is 36.9. The fourth-order valence-corrected chi connectivity index (χ4v) is 4.72. The third-order valence-electron chi connectivity index (χ3n) is 6.32. The molecule has 0 aromatic carbocycles. The van der Waals surface area contributed by atoms with Crippen LogP contribution in [0.3, 0.4) is 0 Å². The summed E-state index contributed by atoms with van der Waals surface area (Å²) in [5.74, 6) is 0. The van der Waals surface area contributed by atoms with Crippen molar-refractivity contribution in [3.8, 4) is 0 Å². The third-order valence-corrected chi connectivity index (χ3v) is 6.32. The fourth-order valence-electron chi connectivity index (χ4n) is 4.72. The summed E-state index contributed by atoms with van der Waals surface area (Å²) >= 11 is 0. The summed E-state index contributed by atoms with van der Waals surface area (Å²) in [4.78, 5) is 0. The van der Waals surface area contributed by atoms with E-state index in [4.69, 9.17) is 18.9 Å². The second kappa shape index (κ2) is 29.2. The predicted octanol–water partition coefficient (Wildman–Crippen LogP) is 9.51. The van der Waals surface area contributed by atoms with E-state index in [0.717, 1.165) is 45.3 Å². The van der Waals surface area contributed by atoms with Gasteiger partial charge < -0.3 is 53.1 Å². The summed E-state index contributed by atoms with van der Waals surface area (Å²) in [6.07, 6.45) is 10.6. The van der Waals surface area contributed by atoms with Crippen LogP contribution < -0.4 is 0 Å². The Kier molecular flexibility index (Phi) is 43.1. The van der Waals surface area contributed by atoms with Crippen molar-refractivity contribution in [1.82, 2.24) is 0 Å². The molecule has 0 rings (SSSR count). The van der Waals surface area contributed by atoms with E-state index in [2.05, 4.69) is 110 Å².